The second-order valence-corrected chi connectivity index (χ2v) is 8.79. The van der Waals surface area contributed by atoms with Gasteiger partial charge >= 0.3 is 0 Å². The Morgan fingerprint density at radius 3 is 2.70 bits per heavy atom. The van der Waals surface area contributed by atoms with Crippen LogP contribution in [-0.2, 0) is 12.8 Å². The molecule has 1 aliphatic carbocycles. The van der Waals surface area contributed by atoms with Crippen LogP contribution in [0.4, 0.5) is 5.69 Å². The van der Waals surface area contributed by atoms with E-state index in [2.05, 4.69) is 50.5 Å². The van der Waals surface area contributed by atoms with E-state index in [9.17, 15) is 0 Å². The van der Waals surface area contributed by atoms with E-state index in [-0.39, 0.29) is 0 Å². The highest BCUT2D eigenvalue weighted by Crippen LogP contribution is 2.41. The fourth-order valence-electron chi connectivity index (χ4n) is 5.31. The minimum atomic E-state index is 0.458. The zero-order valence-corrected chi connectivity index (χ0v) is 17.5. The average Bonchev–Trinajstić information content (AvgIpc) is 3.41. The van der Waals surface area contributed by atoms with Gasteiger partial charge in [-0.25, -0.2) is 4.98 Å². The molecule has 4 aromatic rings. The van der Waals surface area contributed by atoms with Crippen molar-refractivity contribution in [3.05, 3.63) is 35.3 Å². The molecule has 0 radical (unpaired) electrons. The van der Waals surface area contributed by atoms with Gasteiger partial charge in [0.1, 0.15) is 0 Å². The van der Waals surface area contributed by atoms with Crippen LogP contribution in [0.1, 0.15) is 36.6 Å². The van der Waals surface area contributed by atoms with Crippen molar-refractivity contribution >= 4 is 27.5 Å². The van der Waals surface area contributed by atoms with E-state index < -0.39 is 0 Å². The van der Waals surface area contributed by atoms with Crippen molar-refractivity contribution in [3.63, 3.8) is 0 Å². The first-order valence-electron chi connectivity index (χ1n) is 11.0. The van der Waals surface area contributed by atoms with Gasteiger partial charge in [-0.15, -0.1) is 0 Å². The van der Waals surface area contributed by atoms with Gasteiger partial charge in [0.2, 0.25) is 0 Å². The number of piperazine rings is 1. The van der Waals surface area contributed by atoms with Crippen LogP contribution >= 0.6 is 0 Å². The second-order valence-electron chi connectivity index (χ2n) is 8.79. The summed E-state index contributed by atoms with van der Waals surface area (Å²) in [6, 6.07) is 2.70. The lowest BCUT2D eigenvalue weighted by Crippen LogP contribution is -2.49. The summed E-state index contributed by atoms with van der Waals surface area (Å²) in [5.41, 5.74) is 9.59. The van der Waals surface area contributed by atoms with Gasteiger partial charge in [0.05, 0.1) is 34.8 Å². The maximum atomic E-state index is 5.36. The molecule has 30 heavy (non-hydrogen) atoms. The van der Waals surface area contributed by atoms with Crippen LogP contribution in [-0.4, -0.2) is 51.1 Å². The van der Waals surface area contributed by atoms with E-state index in [1.165, 1.54) is 40.4 Å². The molecule has 1 saturated heterocycles. The second kappa shape index (κ2) is 6.80. The molecule has 0 amide bonds. The molecule has 0 unspecified atom stereocenters. The van der Waals surface area contributed by atoms with E-state index in [0.717, 1.165) is 60.5 Å². The number of hydrogen-bond acceptors (Lipinski definition) is 5. The maximum absolute atomic E-state index is 5.36. The van der Waals surface area contributed by atoms with Crippen LogP contribution < -0.4 is 10.2 Å². The van der Waals surface area contributed by atoms with Crippen LogP contribution in [0, 0.1) is 6.92 Å². The van der Waals surface area contributed by atoms with Gasteiger partial charge in [-0.1, -0.05) is 0 Å². The Balaban J connectivity index is 1.71. The molecule has 3 aromatic heterocycles. The standard InChI is InChI=1S/C23H27N7/c1-13-12-30(8-7-24-13)20-9-19-18(11-26-29-19)21-15-5-3-4-6-16(15)22(27-23(20)21)17-10-25-28-14(17)2/h9-11,13,24H,3-8,12H2,1-2H3,(H,25,28)(H,26,29)/t13-/m1/s1. The molecule has 3 N–H and O–H groups in total. The predicted octanol–water partition coefficient (Wildman–Crippen LogP) is 3.49. The Labute approximate surface area is 175 Å². The number of aryl methyl sites for hydroxylation is 2. The number of hydrogen-bond donors (Lipinski definition) is 3. The summed E-state index contributed by atoms with van der Waals surface area (Å²) in [6.45, 7) is 7.29. The van der Waals surface area contributed by atoms with Crippen LogP contribution in [0.3, 0.4) is 0 Å². The topological polar surface area (TPSA) is 85.5 Å². The molecule has 7 nitrogen and oxygen atoms in total. The fraction of sp³-hybridized carbons (Fsp3) is 0.435. The molecular formula is C23H27N7. The predicted molar refractivity (Wildman–Crippen MR) is 120 cm³/mol. The number of aromatic amines is 2. The van der Waals surface area contributed by atoms with Gasteiger partial charge in [-0.2, -0.15) is 10.2 Å². The van der Waals surface area contributed by atoms with E-state index >= 15 is 0 Å². The van der Waals surface area contributed by atoms with Crippen LogP contribution in [0.2, 0.25) is 0 Å². The molecule has 7 heteroatoms. The third-order valence-corrected chi connectivity index (χ3v) is 6.77. The van der Waals surface area contributed by atoms with Crippen LogP contribution in [0.25, 0.3) is 33.1 Å². The molecule has 4 heterocycles. The SMILES string of the molecule is Cc1[nH]ncc1-c1nc2c(N3CCN[C@H](C)C3)cc3[nH]ncc3c2c2c1CCCC2. The summed E-state index contributed by atoms with van der Waals surface area (Å²) in [7, 11) is 0. The molecule has 1 aromatic carbocycles. The summed E-state index contributed by atoms with van der Waals surface area (Å²) >= 11 is 0. The third kappa shape index (κ3) is 2.65. The number of nitrogens with zero attached hydrogens (tertiary/aromatic N) is 4. The summed E-state index contributed by atoms with van der Waals surface area (Å²) < 4.78 is 0. The van der Waals surface area contributed by atoms with Crippen molar-refractivity contribution < 1.29 is 0 Å². The number of pyridine rings is 1. The molecule has 0 bridgehead atoms. The van der Waals surface area contributed by atoms with Crippen molar-refractivity contribution in [2.75, 3.05) is 24.5 Å². The number of benzene rings is 1. The Morgan fingerprint density at radius 2 is 1.90 bits per heavy atom. The smallest absolute Gasteiger partial charge is 0.0954 e. The minimum Gasteiger partial charge on any atom is -0.367 e. The molecule has 1 aliphatic heterocycles. The first kappa shape index (κ1) is 17.9. The molecule has 2 aliphatic rings. The minimum absolute atomic E-state index is 0.458. The zero-order chi connectivity index (χ0) is 20.2. The third-order valence-electron chi connectivity index (χ3n) is 6.77. The number of aromatic nitrogens is 5. The Morgan fingerprint density at radius 1 is 1.07 bits per heavy atom. The average molecular weight is 402 g/mol. The van der Waals surface area contributed by atoms with Crippen molar-refractivity contribution in [1.82, 2.24) is 30.7 Å². The van der Waals surface area contributed by atoms with Gasteiger partial charge in [0.25, 0.3) is 0 Å². The number of rotatable bonds is 2. The van der Waals surface area contributed by atoms with Crippen LogP contribution in [0.15, 0.2) is 18.5 Å². The van der Waals surface area contributed by atoms with Gasteiger partial charge < -0.3 is 10.2 Å². The summed E-state index contributed by atoms with van der Waals surface area (Å²) in [4.78, 5) is 7.84. The Kier molecular flexibility index (Phi) is 4.06. The maximum Gasteiger partial charge on any atom is 0.0954 e. The van der Waals surface area contributed by atoms with E-state index in [1.54, 1.807) is 0 Å². The number of anilines is 1. The van der Waals surface area contributed by atoms with Crippen molar-refractivity contribution in [2.45, 2.75) is 45.6 Å². The van der Waals surface area contributed by atoms with E-state index in [1.807, 2.05) is 12.4 Å². The van der Waals surface area contributed by atoms with Gasteiger partial charge in [-0.3, -0.25) is 10.2 Å². The molecule has 154 valence electrons. The summed E-state index contributed by atoms with van der Waals surface area (Å²) in [6.07, 6.45) is 8.52. The number of H-pyrrole nitrogens is 2. The quantitative estimate of drug-likeness (QED) is 0.479. The molecule has 0 spiro atoms. The highest BCUT2D eigenvalue weighted by molar-refractivity contribution is 6.13. The number of fused-ring (bicyclic) bond motifs is 5. The zero-order valence-electron chi connectivity index (χ0n) is 17.5. The van der Waals surface area contributed by atoms with Gasteiger partial charge in [-0.05, 0) is 56.7 Å². The highest BCUT2D eigenvalue weighted by atomic mass is 15.2. The molecule has 0 saturated carbocycles. The largest absolute Gasteiger partial charge is 0.367 e. The van der Waals surface area contributed by atoms with Gasteiger partial charge in [0, 0.05) is 47.7 Å². The highest BCUT2D eigenvalue weighted by Gasteiger charge is 2.26. The van der Waals surface area contributed by atoms with E-state index in [0.29, 0.717) is 6.04 Å². The van der Waals surface area contributed by atoms with Crippen molar-refractivity contribution in [3.8, 4) is 11.3 Å². The Hall–Kier alpha value is -2.93. The normalized spacial score (nSPS) is 19.5. The lowest BCUT2D eigenvalue weighted by molar-refractivity contribution is 0.485. The van der Waals surface area contributed by atoms with Crippen molar-refractivity contribution in [1.29, 1.82) is 0 Å². The van der Waals surface area contributed by atoms with E-state index in [4.69, 9.17) is 4.98 Å². The number of nitrogens with one attached hydrogen (secondary N) is 3. The molecule has 6 rings (SSSR count). The Bertz CT molecular complexity index is 1250. The van der Waals surface area contributed by atoms with Crippen LogP contribution in [0.5, 0.6) is 0 Å². The fourth-order valence-corrected chi connectivity index (χ4v) is 5.31. The monoisotopic (exact) mass is 401 g/mol. The van der Waals surface area contributed by atoms with Gasteiger partial charge in [0.15, 0.2) is 0 Å². The van der Waals surface area contributed by atoms with Crippen molar-refractivity contribution in [2.24, 2.45) is 0 Å². The molecule has 1 fully saturated rings. The molecular weight excluding hydrogens is 374 g/mol. The lowest BCUT2D eigenvalue weighted by Gasteiger charge is -2.34. The lowest BCUT2D eigenvalue weighted by atomic mass is 9.85. The first-order chi connectivity index (χ1) is 14.7. The molecule has 1 atom stereocenters. The summed E-state index contributed by atoms with van der Waals surface area (Å²) in [5, 5.41) is 21.1. The first-order valence-corrected chi connectivity index (χ1v) is 11.0. The summed E-state index contributed by atoms with van der Waals surface area (Å²) in [5.74, 6) is 0.